The van der Waals surface area contributed by atoms with Crippen LogP contribution < -0.4 is 5.32 Å². The Labute approximate surface area is 116 Å². The minimum absolute atomic E-state index is 0.166. The van der Waals surface area contributed by atoms with E-state index in [0.29, 0.717) is 16.8 Å². The van der Waals surface area contributed by atoms with Crippen molar-refractivity contribution >= 4 is 43.7 Å². The summed E-state index contributed by atoms with van der Waals surface area (Å²) in [7, 11) is 0. The van der Waals surface area contributed by atoms with E-state index in [1.54, 1.807) is 13.1 Å². The summed E-state index contributed by atoms with van der Waals surface area (Å²) in [6.07, 6.45) is 1.82. The van der Waals surface area contributed by atoms with E-state index in [0.717, 1.165) is 4.47 Å². The van der Waals surface area contributed by atoms with Crippen molar-refractivity contribution in [3.8, 4) is 0 Å². The van der Waals surface area contributed by atoms with Crippen LogP contribution in [-0.4, -0.2) is 30.0 Å². The van der Waals surface area contributed by atoms with Crippen molar-refractivity contribution in [2.24, 2.45) is 0 Å². The molecule has 17 heavy (non-hydrogen) atoms. The Bertz CT molecular complexity index is 418. The zero-order chi connectivity index (χ0) is 12.8. The smallest absolute Gasteiger partial charge is 0.307 e. The summed E-state index contributed by atoms with van der Waals surface area (Å²) in [5.41, 5.74) is 0.417. The minimum Gasteiger partial charge on any atom is -0.466 e. The first kappa shape index (κ1) is 14.2. The number of carbonyl (C=O) groups excluding carboxylic acids is 2. The second kappa shape index (κ2) is 6.80. The van der Waals surface area contributed by atoms with Gasteiger partial charge in [-0.3, -0.25) is 9.59 Å². The molecule has 1 amide bonds. The number of hydrogen-bond donors (Lipinski definition) is 2. The Morgan fingerprint density at radius 3 is 2.71 bits per heavy atom. The highest BCUT2D eigenvalue weighted by Gasteiger charge is 2.14. The van der Waals surface area contributed by atoms with Crippen LogP contribution in [-0.2, 0) is 9.53 Å². The maximum absolute atomic E-state index is 11.7. The van der Waals surface area contributed by atoms with E-state index in [1.165, 1.54) is 0 Å². The lowest BCUT2D eigenvalue weighted by Gasteiger charge is -2.04. The molecule has 0 aliphatic rings. The van der Waals surface area contributed by atoms with E-state index in [2.05, 4.69) is 42.2 Å². The molecule has 0 aliphatic heterocycles. The molecule has 1 aromatic heterocycles. The molecule has 0 saturated carbocycles. The molecule has 0 unspecified atom stereocenters. The first-order valence-corrected chi connectivity index (χ1v) is 6.61. The molecule has 1 rings (SSSR count). The zero-order valence-electron chi connectivity index (χ0n) is 9.18. The van der Waals surface area contributed by atoms with Gasteiger partial charge < -0.3 is 15.0 Å². The van der Waals surface area contributed by atoms with Crippen molar-refractivity contribution in [1.82, 2.24) is 10.3 Å². The van der Waals surface area contributed by atoms with Gasteiger partial charge >= 0.3 is 5.97 Å². The van der Waals surface area contributed by atoms with Gasteiger partial charge in [-0.1, -0.05) is 0 Å². The normalized spacial score (nSPS) is 10.1. The van der Waals surface area contributed by atoms with Gasteiger partial charge in [-0.2, -0.15) is 0 Å². The van der Waals surface area contributed by atoms with Crippen LogP contribution >= 0.6 is 31.9 Å². The van der Waals surface area contributed by atoms with Gasteiger partial charge in [0.15, 0.2) is 0 Å². The van der Waals surface area contributed by atoms with Crippen LogP contribution in [0.2, 0.25) is 0 Å². The number of hydrogen-bond acceptors (Lipinski definition) is 3. The van der Waals surface area contributed by atoms with E-state index in [1.807, 2.05) is 0 Å². The molecule has 0 spiro atoms. The number of nitrogens with one attached hydrogen (secondary N) is 2. The molecular formula is C10H12Br2N2O3. The van der Waals surface area contributed by atoms with Gasteiger partial charge in [0.2, 0.25) is 0 Å². The molecule has 94 valence electrons. The minimum atomic E-state index is -0.320. The first-order valence-electron chi connectivity index (χ1n) is 5.02. The summed E-state index contributed by atoms with van der Waals surface area (Å²) in [5, 5.41) is 2.62. The third-order valence-corrected chi connectivity index (χ3v) is 3.90. The van der Waals surface area contributed by atoms with E-state index < -0.39 is 0 Å². The first-order chi connectivity index (χ1) is 8.06. The fourth-order valence-corrected chi connectivity index (χ4v) is 1.87. The average molecular weight is 368 g/mol. The molecular weight excluding hydrogens is 356 g/mol. The molecule has 0 aliphatic carbocycles. The Kier molecular flexibility index (Phi) is 5.70. The number of H-pyrrole nitrogens is 1. The van der Waals surface area contributed by atoms with Gasteiger partial charge in [-0.05, 0) is 38.8 Å². The van der Waals surface area contributed by atoms with Gasteiger partial charge in [0.25, 0.3) is 5.91 Å². The zero-order valence-corrected chi connectivity index (χ0v) is 12.4. The van der Waals surface area contributed by atoms with Crippen molar-refractivity contribution in [1.29, 1.82) is 0 Å². The number of amides is 1. The van der Waals surface area contributed by atoms with Crippen LogP contribution in [0.5, 0.6) is 0 Å². The van der Waals surface area contributed by atoms with Gasteiger partial charge in [0.1, 0.15) is 5.69 Å². The van der Waals surface area contributed by atoms with Gasteiger partial charge in [-0.25, -0.2) is 0 Å². The third kappa shape index (κ3) is 4.16. The fraction of sp³-hybridized carbons (Fsp3) is 0.400. The summed E-state index contributed by atoms with van der Waals surface area (Å²) in [5.74, 6) is -0.591. The van der Waals surface area contributed by atoms with Gasteiger partial charge in [0.05, 0.1) is 22.0 Å². The highest BCUT2D eigenvalue weighted by molar-refractivity contribution is 9.13. The molecule has 0 atom stereocenters. The molecule has 1 heterocycles. The van der Waals surface area contributed by atoms with Crippen LogP contribution in [0.15, 0.2) is 15.1 Å². The van der Waals surface area contributed by atoms with Gasteiger partial charge in [0, 0.05) is 12.7 Å². The van der Waals surface area contributed by atoms with Crippen LogP contribution in [0.1, 0.15) is 23.8 Å². The Hall–Kier alpha value is -0.820. The summed E-state index contributed by atoms with van der Waals surface area (Å²) < 4.78 is 6.17. The summed E-state index contributed by atoms with van der Waals surface area (Å²) >= 11 is 6.53. The third-order valence-electron chi connectivity index (χ3n) is 1.92. The predicted octanol–water partition coefficient (Wildman–Crippen LogP) is 2.22. The van der Waals surface area contributed by atoms with Crippen molar-refractivity contribution in [2.75, 3.05) is 13.2 Å². The van der Waals surface area contributed by atoms with Crippen molar-refractivity contribution < 1.29 is 14.3 Å². The molecule has 0 saturated heterocycles. The van der Waals surface area contributed by atoms with Crippen LogP contribution in [0.4, 0.5) is 0 Å². The molecule has 0 aromatic carbocycles. The Morgan fingerprint density at radius 2 is 2.18 bits per heavy atom. The Morgan fingerprint density at radius 1 is 1.47 bits per heavy atom. The molecule has 0 fully saturated rings. The number of aromatic amines is 1. The molecule has 5 nitrogen and oxygen atoms in total. The fourth-order valence-electron chi connectivity index (χ4n) is 1.15. The number of esters is 1. The molecule has 1 aromatic rings. The monoisotopic (exact) mass is 366 g/mol. The number of halogens is 2. The lowest BCUT2D eigenvalue weighted by atomic mass is 10.3. The lowest BCUT2D eigenvalue weighted by molar-refractivity contribution is -0.142. The second-order valence-electron chi connectivity index (χ2n) is 3.14. The predicted molar refractivity (Wildman–Crippen MR) is 69.8 cm³/mol. The highest BCUT2D eigenvalue weighted by atomic mass is 79.9. The van der Waals surface area contributed by atoms with Gasteiger partial charge in [-0.15, -0.1) is 0 Å². The SMILES string of the molecule is CCOC(=O)CCNC(=O)c1[nH]cc(Br)c1Br. The highest BCUT2D eigenvalue weighted by Crippen LogP contribution is 2.26. The largest absolute Gasteiger partial charge is 0.466 e. The Balaban J connectivity index is 2.40. The summed E-state index contributed by atoms with van der Waals surface area (Å²) in [6, 6.07) is 0. The quantitative estimate of drug-likeness (QED) is 0.784. The second-order valence-corrected chi connectivity index (χ2v) is 4.78. The maximum atomic E-state index is 11.7. The van der Waals surface area contributed by atoms with Crippen LogP contribution in [0, 0.1) is 0 Å². The average Bonchev–Trinajstić information content (AvgIpc) is 2.60. The van der Waals surface area contributed by atoms with Crippen molar-refractivity contribution in [3.63, 3.8) is 0 Å². The summed E-state index contributed by atoms with van der Waals surface area (Å²) in [6.45, 7) is 2.34. The van der Waals surface area contributed by atoms with Crippen molar-refractivity contribution in [2.45, 2.75) is 13.3 Å². The molecule has 7 heteroatoms. The number of carbonyl (C=O) groups is 2. The van der Waals surface area contributed by atoms with E-state index in [4.69, 9.17) is 4.74 Å². The van der Waals surface area contributed by atoms with Crippen LogP contribution in [0.25, 0.3) is 0 Å². The van der Waals surface area contributed by atoms with Crippen LogP contribution in [0.3, 0.4) is 0 Å². The van der Waals surface area contributed by atoms with Crippen molar-refractivity contribution in [3.05, 3.63) is 20.8 Å². The van der Waals surface area contributed by atoms with E-state index >= 15 is 0 Å². The lowest BCUT2D eigenvalue weighted by Crippen LogP contribution is -2.27. The number of rotatable bonds is 5. The molecule has 0 radical (unpaired) electrons. The maximum Gasteiger partial charge on any atom is 0.307 e. The summed E-state index contributed by atoms with van der Waals surface area (Å²) in [4.78, 5) is 25.5. The van der Waals surface area contributed by atoms with E-state index in [9.17, 15) is 9.59 Å². The standard InChI is InChI=1S/C10H12Br2N2O3/c1-2-17-7(15)3-4-13-10(16)9-8(12)6(11)5-14-9/h5,14H,2-4H2,1H3,(H,13,16). The molecule has 2 N–H and O–H groups in total. The number of aromatic nitrogens is 1. The number of ether oxygens (including phenoxy) is 1. The van der Waals surface area contributed by atoms with E-state index in [-0.39, 0.29) is 24.8 Å². The topological polar surface area (TPSA) is 71.2 Å². The molecule has 0 bridgehead atoms.